The second-order valence-corrected chi connectivity index (χ2v) is 5.84. The first-order valence-electron chi connectivity index (χ1n) is 8.02. The molecule has 0 heterocycles. The number of rotatable bonds is 8. The third-order valence-electron chi connectivity index (χ3n) is 3.69. The van der Waals surface area contributed by atoms with E-state index in [9.17, 15) is 19.7 Å². The SMILES string of the molecule is COc1ccc(C(=O)OCC(=O)Nc2ccc(Cl)c([N+](=O)[O-])c2)c(OC)c1OC. The number of esters is 1. The number of carbonyl (C=O) groups excluding carboxylic acids is 2. The lowest BCUT2D eigenvalue weighted by atomic mass is 10.1. The van der Waals surface area contributed by atoms with Gasteiger partial charge >= 0.3 is 5.97 Å². The summed E-state index contributed by atoms with van der Waals surface area (Å²) >= 11 is 5.72. The van der Waals surface area contributed by atoms with E-state index in [2.05, 4.69) is 5.32 Å². The first-order valence-corrected chi connectivity index (χ1v) is 8.40. The summed E-state index contributed by atoms with van der Waals surface area (Å²) in [7, 11) is 4.16. The molecular formula is C18H17ClN2O8. The Labute approximate surface area is 170 Å². The molecule has 2 rings (SSSR count). The number of carbonyl (C=O) groups is 2. The lowest BCUT2D eigenvalue weighted by molar-refractivity contribution is -0.384. The zero-order valence-electron chi connectivity index (χ0n) is 15.7. The Kier molecular flexibility index (Phi) is 7.21. The molecule has 2 aromatic rings. The lowest BCUT2D eigenvalue weighted by Crippen LogP contribution is -2.21. The maximum absolute atomic E-state index is 12.4. The Morgan fingerprint density at radius 2 is 1.76 bits per heavy atom. The van der Waals surface area contributed by atoms with E-state index in [-0.39, 0.29) is 33.5 Å². The summed E-state index contributed by atoms with van der Waals surface area (Å²) in [6, 6.07) is 6.65. The van der Waals surface area contributed by atoms with Gasteiger partial charge < -0.3 is 24.3 Å². The molecule has 1 amide bonds. The molecule has 0 fully saturated rings. The van der Waals surface area contributed by atoms with Gasteiger partial charge in [-0.25, -0.2) is 4.79 Å². The number of amides is 1. The minimum Gasteiger partial charge on any atom is -0.493 e. The highest BCUT2D eigenvalue weighted by molar-refractivity contribution is 6.32. The van der Waals surface area contributed by atoms with Gasteiger partial charge in [0.2, 0.25) is 5.75 Å². The predicted molar refractivity (Wildman–Crippen MR) is 103 cm³/mol. The molecule has 0 aliphatic heterocycles. The van der Waals surface area contributed by atoms with E-state index in [0.717, 1.165) is 6.07 Å². The Morgan fingerprint density at radius 1 is 1.07 bits per heavy atom. The number of hydrogen-bond donors (Lipinski definition) is 1. The Bertz CT molecular complexity index is 948. The maximum Gasteiger partial charge on any atom is 0.342 e. The zero-order chi connectivity index (χ0) is 21.6. The smallest absolute Gasteiger partial charge is 0.342 e. The number of methoxy groups -OCH3 is 3. The van der Waals surface area contributed by atoms with Crippen molar-refractivity contribution in [1.82, 2.24) is 0 Å². The van der Waals surface area contributed by atoms with Crippen molar-refractivity contribution in [2.45, 2.75) is 0 Å². The van der Waals surface area contributed by atoms with Gasteiger partial charge in [0.15, 0.2) is 18.1 Å². The van der Waals surface area contributed by atoms with E-state index < -0.39 is 23.4 Å². The summed E-state index contributed by atoms with van der Waals surface area (Å²) in [6.07, 6.45) is 0. The van der Waals surface area contributed by atoms with E-state index in [1.165, 1.54) is 45.6 Å². The van der Waals surface area contributed by atoms with Crippen LogP contribution in [0.5, 0.6) is 17.2 Å². The van der Waals surface area contributed by atoms with Crippen LogP contribution in [0.3, 0.4) is 0 Å². The van der Waals surface area contributed by atoms with Gasteiger partial charge in [0.25, 0.3) is 11.6 Å². The van der Waals surface area contributed by atoms with Gasteiger partial charge in [-0.05, 0) is 24.3 Å². The van der Waals surface area contributed by atoms with Crippen LogP contribution >= 0.6 is 11.6 Å². The summed E-state index contributed by atoms with van der Waals surface area (Å²) in [6.45, 7) is -0.632. The number of benzene rings is 2. The second-order valence-electron chi connectivity index (χ2n) is 5.43. The highest BCUT2D eigenvalue weighted by Gasteiger charge is 2.22. The highest BCUT2D eigenvalue weighted by Crippen LogP contribution is 2.40. The number of anilines is 1. The number of halogens is 1. The van der Waals surface area contributed by atoms with Crippen LogP contribution in [-0.4, -0.2) is 44.7 Å². The summed E-state index contributed by atoms with van der Waals surface area (Å²) < 4.78 is 20.5. The molecule has 0 saturated carbocycles. The van der Waals surface area contributed by atoms with Crippen LogP contribution in [0.4, 0.5) is 11.4 Å². The third-order valence-corrected chi connectivity index (χ3v) is 4.00. The largest absolute Gasteiger partial charge is 0.493 e. The van der Waals surface area contributed by atoms with E-state index >= 15 is 0 Å². The van der Waals surface area contributed by atoms with Gasteiger partial charge in [-0.3, -0.25) is 14.9 Å². The van der Waals surface area contributed by atoms with E-state index in [1.54, 1.807) is 0 Å². The molecule has 0 bridgehead atoms. The normalized spacial score (nSPS) is 10.1. The first-order chi connectivity index (χ1) is 13.8. The molecule has 0 unspecified atom stereocenters. The monoisotopic (exact) mass is 424 g/mol. The van der Waals surface area contributed by atoms with Crippen LogP contribution in [0.1, 0.15) is 10.4 Å². The van der Waals surface area contributed by atoms with Gasteiger partial charge in [0, 0.05) is 11.8 Å². The zero-order valence-corrected chi connectivity index (χ0v) is 16.4. The average Bonchev–Trinajstić information content (AvgIpc) is 2.71. The Balaban J connectivity index is 2.09. The first kappa shape index (κ1) is 21.8. The Hall–Kier alpha value is -3.53. The number of nitro groups is 1. The molecule has 0 atom stereocenters. The van der Waals surface area contributed by atoms with E-state index in [0.29, 0.717) is 5.75 Å². The molecule has 10 nitrogen and oxygen atoms in total. The van der Waals surface area contributed by atoms with Crippen LogP contribution < -0.4 is 19.5 Å². The predicted octanol–water partition coefficient (Wildman–Crippen LogP) is 3.07. The number of nitrogens with zero attached hydrogens (tertiary/aromatic N) is 1. The number of nitrogens with one attached hydrogen (secondary N) is 1. The van der Waals surface area contributed by atoms with Crippen LogP contribution in [0.25, 0.3) is 0 Å². The molecule has 2 aromatic carbocycles. The van der Waals surface area contributed by atoms with Gasteiger partial charge in [0.1, 0.15) is 10.6 Å². The van der Waals surface area contributed by atoms with Gasteiger partial charge in [-0.15, -0.1) is 0 Å². The van der Waals surface area contributed by atoms with Crippen LogP contribution in [0, 0.1) is 10.1 Å². The average molecular weight is 425 g/mol. The van der Waals surface area contributed by atoms with E-state index in [1.807, 2.05) is 0 Å². The van der Waals surface area contributed by atoms with Crippen molar-refractivity contribution in [2.75, 3.05) is 33.3 Å². The molecule has 0 radical (unpaired) electrons. The number of nitro benzene ring substituents is 1. The van der Waals surface area contributed by atoms with Crippen LogP contribution in [0.15, 0.2) is 30.3 Å². The molecule has 0 aromatic heterocycles. The fourth-order valence-electron chi connectivity index (χ4n) is 2.40. The summed E-state index contributed by atoms with van der Waals surface area (Å²) in [5.74, 6) is -0.898. The number of ether oxygens (including phenoxy) is 4. The topological polar surface area (TPSA) is 126 Å². The molecule has 11 heteroatoms. The molecule has 1 N–H and O–H groups in total. The van der Waals surface area contributed by atoms with Crippen molar-refractivity contribution in [3.8, 4) is 17.2 Å². The van der Waals surface area contributed by atoms with E-state index in [4.69, 9.17) is 30.5 Å². The summed E-state index contributed by atoms with van der Waals surface area (Å²) in [5, 5.41) is 13.2. The second kappa shape index (κ2) is 9.60. The molecular weight excluding hydrogens is 408 g/mol. The fraction of sp³-hybridized carbons (Fsp3) is 0.222. The van der Waals surface area contributed by atoms with Crippen molar-refractivity contribution >= 4 is 34.9 Å². The quantitative estimate of drug-likeness (QED) is 0.389. The minimum absolute atomic E-state index is 0.0279. The van der Waals surface area contributed by atoms with Crippen molar-refractivity contribution < 1.29 is 33.5 Å². The molecule has 0 aliphatic carbocycles. The summed E-state index contributed by atoms with van der Waals surface area (Å²) in [5.41, 5.74) is -0.206. The van der Waals surface area contributed by atoms with Crippen molar-refractivity contribution in [3.05, 3.63) is 51.0 Å². The molecule has 0 saturated heterocycles. The molecule has 29 heavy (non-hydrogen) atoms. The highest BCUT2D eigenvalue weighted by atomic mass is 35.5. The fourth-order valence-corrected chi connectivity index (χ4v) is 2.58. The number of hydrogen-bond acceptors (Lipinski definition) is 8. The van der Waals surface area contributed by atoms with Gasteiger partial charge in [-0.1, -0.05) is 11.6 Å². The maximum atomic E-state index is 12.4. The van der Waals surface area contributed by atoms with Crippen molar-refractivity contribution in [2.24, 2.45) is 0 Å². The molecule has 154 valence electrons. The third kappa shape index (κ3) is 5.05. The standard InChI is InChI=1S/C18H17ClN2O8/c1-26-14-7-5-11(16(27-2)17(14)28-3)18(23)29-9-15(22)20-10-4-6-12(19)13(8-10)21(24)25/h4-8H,9H2,1-3H3,(H,20,22). The molecule has 0 aliphatic rings. The Morgan fingerprint density at radius 3 is 2.34 bits per heavy atom. The van der Waals surface area contributed by atoms with Crippen LogP contribution in [0.2, 0.25) is 5.02 Å². The lowest BCUT2D eigenvalue weighted by Gasteiger charge is -2.15. The van der Waals surface area contributed by atoms with Crippen LogP contribution in [-0.2, 0) is 9.53 Å². The van der Waals surface area contributed by atoms with Crippen molar-refractivity contribution in [3.63, 3.8) is 0 Å². The van der Waals surface area contributed by atoms with Crippen molar-refractivity contribution in [1.29, 1.82) is 0 Å². The minimum atomic E-state index is -0.833. The van der Waals surface area contributed by atoms with Gasteiger partial charge in [0.05, 0.1) is 26.3 Å². The molecule has 0 spiro atoms. The van der Waals surface area contributed by atoms with Gasteiger partial charge in [-0.2, -0.15) is 0 Å². The summed E-state index contributed by atoms with van der Waals surface area (Å²) in [4.78, 5) is 34.6.